The highest BCUT2D eigenvalue weighted by Crippen LogP contribution is 2.55. The van der Waals surface area contributed by atoms with Crippen LogP contribution in [0.25, 0.3) is 0 Å². The van der Waals surface area contributed by atoms with E-state index < -0.39 is 0 Å². The molecule has 3 aliphatic carbocycles. The zero-order valence-corrected chi connectivity index (χ0v) is 13.4. The van der Waals surface area contributed by atoms with Crippen molar-refractivity contribution in [1.29, 1.82) is 0 Å². The Morgan fingerprint density at radius 3 is 2.06 bits per heavy atom. The monoisotopic (exact) mass is 250 g/mol. The molecule has 6 atom stereocenters. The fourth-order valence-corrected chi connectivity index (χ4v) is 5.56. The van der Waals surface area contributed by atoms with E-state index in [4.69, 9.17) is 0 Å². The molecule has 3 fully saturated rings. The maximum Gasteiger partial charge on any atom is -0.0329 e. The summed E-state index contributed by atoms with van der Waals surface area (Å²) < 4.78 is 0. The van der Waals surface area contributed by atoms with Crippen molar-refractivity contribution >= 4 is 0 Å². The van der Waals surface area contributed by atoms with Gasteiger partial charge in [0.2, 0.25) is 0 Å². The van der Waals surface area contributed by atoms with Crippen LogP contribution in [0.2, 0.25) is 0 Å². The van der Waals surface area contributed by atoms with Gasteiger partial charge in [-0.15, -0.1) is 0 Å². The summed E-state index contributed by atoms with van der Waals surface area (Å²) in [7, 11) is 0. The van der Waals surface area contributed by atoms with Crippen molar-refractivity contribution in [1.82, 2.24) is 0 Å². The van der Waals surface area contributed by atoms with Crippen molar-refractivity contribution in [2.75, 3.05) is 0 Å². The van der Waals surface area contributed by atoms with Gasteiger partial charge in [0.05, 0.1) is 0 Å². The zero-order valence-electron chi connectivity index (χ0n) is 13.4. The van der Waals surface area contributed by atoms with Crippen LogP contribution < -0.4 is 0 Å². The lowest BCUT2D eigenvalue weighted by Crippen LogP contribution is -2.48. The molecule has 0 heterocycles. The van der Waals surface area contributed by atoms with E-state index in [2.05, 4.69) is 41.5 Å². The smallest absolute Gasteiger partial charge is 0.0329 e. The second-order valence-corrected chi connectivity index (χ2v) is 7.66. The quantitative estimate of drug-likeness (QED) is 0.596. The molecule has 0 N–H and O–H groups in total. The number of fused-ring (bicyclic) bond motifs is 5. The SMILES string of the molecule is CCC(C)C1CCCC2C(C)C(C(C)C1C)C2C. The molecule has 0 amide bonds. The molecule has 0 aliphatic heterocycles. The van der Waals surface area contributed by atoms with Crippen LogP contribution in [0, 0.1) is 47.3 Å². The number of hydrogen-bond donors (Lipinski definition) is 0. The summed E-state index contributed by atoms with van der Waals surface area (Å²) in [4.78, 5) is 0. The molecule has 0 saturated heterocycles. The maximum absolute atomic E-state index is 2.56. The zero-order chi connectivity index (χ0) is 13.4. The van der Waals surface area contributed by atoms with Crippen molar-refractivity contribution in [3.8, 4) is 0 Å². The van der Waals surface area contributed by atoms with Crippen molar-refractivity contribution in [3.05, 3.63) is 0 Å². The summed E-state index contributed by atoms with van der Waals surface area (Å²) in [6.07, 6.45) is 5.84. The van der Waals surface area contributed by atoms with E-state index in [9.17, 15) is 0 Å². The van der Waals surface area contributed by atoms with Crippen LogP contribution >= 0.6 is 0 Å². The van der Waals surface area contributed by atoms with Gasteiger partial charge in [-0.05, 0) is 60.2 Å². The summed E-state index contributed by atoms with van der Waals surface area (Å²) in [5.74, 6) is 7.79. The van der Waals surface area contributed by atoms with Gasteiger partial charge in [0.15, 0.2) is 0 Å². The molecule has 3 saturated carbocycles. The molecule has 0 nitrogen and oxygen atoms in total. The third-order valence-corrected chi connectivity index (χ3v) is 7.13. The maximum atomic E-state index is 2.56. The van der Waals surface area contributed by atoms with Gasteiger partial charge in [-0.2, -0.15) is 0 Å². The Hall–Kier alpha value is 0. The van der Waals surface area contributed by atoms with E-state index >= 15 is 0 Å². The normalized spacial score (nSPS) is 50.7. The molecular formula is C18H34. The van der Waals surface area contributed by atoms with Gasteiger partial charge in [-0.1, -0.05) is 54.4 Å². The number of rotatable bonds is 2. The molecular weight excluding hydrogens is 216 g/mol. The van der Waals surface area contributed by atoms with Gasteiger partial charge < -0.3 is 0 Å². The van der Waals surface area contributed by atoms with E-state index in [1.54, 1.807) is 0 Å². The molecule has 0 radical (unpaired) electrons. The summed E-state index contributed by atoms with van der Waals surface area (Å²) >= 11 is 0. The van der Waals surface area contributed by atoms with E-state index in [0.29, 0.717) is 0 Å². The van der Waals surface area contributed by atoms with E-state index in [0.717, 1.165) is 47.3 Å². The van der Waals surface area contributed by atoms with Gasteiger partial charge in [0.25, 0.3) is 0 Å². The lowest BCUT2D eigenvalue weighted by molar-refractivity contribution is -0.0543. The predicted octanol–water partition coefficient (Wildman–Crippen LogP) is 5.62. The molecule has 3 aliphatic rings. The highest BCUT2D eigenvalue weighted by atomic mass is 14.5. The second kappa shape index (κ2) is 5.55. The number of hydrogen-bond acceptors (Lipinski definition) is 0. The van der Waals surface area contributed by atoms with E-state index in [1.165, 1.54) is 25.7 Å². The molecule has 0 aromatic rings. The lowest BCUT2D eigenvalue weighted by Gasteiger charge is -2.53. The minimum absolute atomic E-state index is 0.920. The Kier molecular flexibility index (Phi) is 4.44. The summed E-state index contributed by atoms with van der Waals surface area (Å²) in [6.45, 7) is 15.0. The fraction of sp³-hybridized carbons (Fsp3) is 1.00. The molecule has 2 bridgehead atoms. The lowest BCUT2D eigenvalue weighted by atomic mass is 9.52. The van der Waals surface area contributed by atoms with Gasteiger partial charge in [0.1, 0.15) is 0 Å². The average Bonchev–Trinajstić information content (AvgIpc) is 2.43. The van der Waals surface area contributed by atoms with Crippen LogP contribution in [0.3, 0.4) is 0 Å². The molecule has 106 valence electrons. The Morgan fingerprint density at radius 2 is 1.50 bits per heavy atom. The molecule has 6 unspecified atom stereocenters. The molecule has 3 rings (SSSR count). The Labute approximate surface area is 115 Å². The minimum Gasteiger partial charge on any atom is -0.0651 e. The summed E-state index contributed by atoms with van der Waals surface area (Å²) in [5, 5.41) is 0. The summed E-state index contributed by atoms with van der Waals surface area (Å²) in [6, 6.07) is 0. The second-order valence-electron chi connectivity index (χ2n) is 7.66. The first-order chi connectivity index (χ1) is 8.49. The van der Waals surface area contributed by atoms with Crippen molar-refractivity contribution in [3.63, 3.8) is 0 Å². The first-order valence-electron chi connectivity index (χ1n) is 8.49. The van der Waals surface area contributed by atoms with Crippen molar-refractivity contribution in [2.24, 2.45) is 47.3 Å². The molecule has 0 aromatic carbocycles. The third kappa shape index (κ3) is 2.25. The largest absolute Gasteiger partial charge is 0.0651 e. The Balaban J connectivity index is 2.16. The highest BCUT2D eigenvalue weighted by Gasteiger charge is 2.49. The molecule has 18 heavy (non-hydrogen) atoms. The van der Waals surface area contributed by atoms with Crippen LogP contribution in [-0.2, 0) is 0 Å². The van der Waals surface area contributed by atoms with Gasteiger partial charge in [-0.3, -0.25) is 0 Å². The molecule has 0 heteroatoms. The first kappa shape index (κ1) is 14.4. The van der Waals surface area contributed by atoms with Crippen molar-refractivity contribution < 1.29 is 0 Å². The summed E-state index contributed by atoms with van der Waals surface area (Å²) in [5.41, 5.74) is 0. The van der Waals surface area contributed by atoms with Crippen molar-refractivity contribution in [2.45, 2.75) is 67.2 Å². The Bertz CT molecular complexity index is 259. The first-order valence-corrected chi connectivity index (χ1v) is 8.49. The van der Waals surface area contributed by atoms with E-state index in [1.807, 2.05) is 0 Å². The van der Waals surface area contributed by atoms with Crippen LogP contribution in [0.1, 0.15) is 67.2 Å². The van der Waals surface area contributed by atoms with Crippen LogP contribution in [0.5, 0.6) is 0 Å². The standard InChI is InChI=1S/C18H34/c1-7-11(2)16-9-8-10-17-14(5)18(15(17)6)13(4)12(16)3/h11-18H,7-10H2,1-6H3. The average molecular weight is 250 g/mol. The molecule has 0 spiro atoms. The van der Waals surface area contributed by atoms with Gasteiger partial charge in [-0.25, -0.2) is 0 Å². The van der Waals surface area contributed by atoms with Gasteiger partial charge >= 0.3 is 0 Å². The van der Waals surface area contributed by atoms with E-state index in [-0.39, 0.29) is 0 Å². The predicted molar refractivity (Wildman–Crippen MR) is 80.4 cm³/mol. The topological polar surface area (TPSA) is 0 Å². The Morgan fingerprint density at radius 1 is 0.889 bits per heavy atom. The highest BCUT2D eigenvalue weighted by molar-refractivity contribution is 4.97. The molecule has 0 aromatic heterocycles. The fourth-order valence-electron chi connectivity index (χ4n) is 5.56. The van der Waals surface area contributed by atoms with Crippen LogP contribution in [0.4, 0.5) is 0 Å². The minimum atomic E-state index is 0.920. The third-order valence-electron chi connectivity index (χ3n) is 7.13. The van der Waals surface area contributed by atoms with Crippen LogP contribution in [0.15, 0.2) is 0 Å². The van der Waals surface area contributed by atoms with Gasteiger partial charge in [0, 0.05) is 0 Å². The van der Waals surface area contributed by atoms with Crippen LogP contribution in [-0.4, -0.2) is 0 Å².